The van der Waals surface area contributed by atoms with E-state index in [1.54, 1.807) is 11.3 Å². The smallest absolute Gasteiger partial charge is 0.119 e. The van der Waals surface area contributed by atoms with Crippen molar-refractivity contribution in [3.05, 3.63) is 59.1 Å². The highest BCUT2D eigenvalue weighted by atomic mass is 32.1. The molecule has 0 amide bonds. The second-order valence-electron chi connectivity index (χ2n) is 5.24. The number of aromatic nitrogens is 1. The van der Waals surface area contributed by atoms with Crippen LogP contribution >= 0.6 is 11.3 Å². The predicted molar refractivity (Wildman–Crippen MR) is 92.7 cm³/mol. The molecule has 114 valence electrons. The highest BCUT2D eigenvalue weighted by Gasteiger charge is 2.16. The van der Waals surface area contributed by atoms with Gasteiger partial charge in [0.05, 0.1) is 21.8 Å². The van der Waals surface area contributed by atoms with Crippen molar-refractivity contribution in [3.63, 3.8) is 0 Å². The topological polar surface area (TPSA) is 48.1 Å². The van der Waals surface area contributed by atoms with Gasteiger partial charge in [0, 0.05) is 12.5 Å². The third kappa shape index (κ3) is 3.29. The van der Waals surface area contributed by atoms with E-state index >= 15 is 0 Å². The van der Waals surface area contributed by atoms with Crippen LogP contribution in [0.5, 0.6) is 5.75 Å². The van der Waals surface area contributed by atoms with E-state index < -0.39 is 0 Å². The van der Waals surface area contributed by atoms with Crippen molar-refractivity contribution >= 4 is 21.6 Å². The van der Waals surface area contributed by atoms with Crippen LogP contribution in [0.3, 0.4) is 0 Å². The van der Waals surface area contributed by atoms with E-state index in [0.717, 1.165) is 22.7 Å². The van der Waals surface area contributed by atoms with Gasteiger partial charge in [0.2, 0.25) is 0 Å². The summed E-state index contributed by atoms with van der Waals surface area (Å²) in [6.45, 7) is 3.27. The molecule has 1 atom stereocenters. The van der Waals surface area contributed by atoms with Crippen molar-refractivity contribution in [3.8, 4) is 5.75 Å². The number of fused-ring (bicyclic) bond motifs is 1. The van der Waals surface area contributed by atoms with E-state index in [1.165, 1.54) is 10.3 Å². The number of para-hydroxylation sites is 1. The van der Waals surface area contributed by atoms with Gasteiger partial charge in [-0.05, 0) is 43.2 Å². The van der Waals surface area contributed by atoms with Gasteiger partial charge in [-0.2, -0.15) is 0 Å². The molecule has 0 aliphatic carbocycles. The number of hydrogen-bond acceptors (Lipinski definition) is 4. The Labute approximate surface area is 134 Å². The molecule has 3 nitrogen and oxygen atoms in total. The quantitative estimate of drug-likeness (QED) is 0.749. The van der Waals surface area contributed by atoms with Gasteiger partial charge in [-0.15, -0.1) is 11.3 Å². The Hall–Kier alpha value is -1.91. The average molecular weight is 312 g/mol. The first kappa shape index (κ1) is 15.0. The third-order valence-electron chi connectivity index (χ3n) is 3.64. The van der Waals surface area contributed by atoms with E-state index in [0.29, 0.717) is 13.2 Å². The summed E-state index contributed by atoms with van der Waals surface area (Å²) in [4.78, 5) is 4.75. The average Bonchev–Trinajstić information content (AvgIpc) is 2.97. The van der Waals surface area contributed by atoms with Gasteiger partial charge < -0.3 is 10.5 Å². The minimum Gasteiger partial charge on any atom is -0.494 e. The lowest BCUT2D eigenvalue weighted by Gasteiger charge is -2.13. The number of ether oxygens (including phenoxy) is 1. The molecule has 3 rings (SSSR count). The van der Waals surface area contributed by atoms with Crippen molar-refractivity contribution in [1.29, 1.82) is 0 Å². The van der Waals surface area contributed by atoms with Gasteiger partial charge in [-0.25, -0.2) is 4.98 Å². The molecule has 0 aliphatic rings. The lowest BCUT2D eigenvalue weighted by atomic mass is 10.00. The molecule has 2 aromatic carbocycles. The predicted octanol–water partition coefficient (Wildman–Crippen LogP) is 3.98. The fourth-order valence-electron chi connectivity index (χ4n) is 2.55. The van der Waals surface area contributed by atoms with Crippen LogP contribution in [0.15, 0.2) is 48.5 Å². The van der Waals surface area contributed by atoms with Crippen LogP contribution in [-0.4, -0.2) is 18.1 Å². The van der Waals surface area contributed by atoms with Gasteiger partial charge in [-0.3, -0.25) is 0 Å². The summed E-state index contributed by atoms with van der Waals surface area (Å²) in [6, 6.07) is 16.5. The number of benzene rings is 2. The molecule has 0 spiro atoms. The summed E-state index contributed by atoms with van der Waals surface area (Å²) < 4.78 is 6.79. The van der Waals surface area contributed by atoms with Crippen LogP contribution in [0, 0.1) is 0 Å². The minimum atomic E-state index is 0.245. The molecule has 0 saturated heterocycles. The fraction of sp³-hybridized carbons (Fsp3) is 0.278. The highest BCUT2D eigenvalue weighted by Crippen LogP contribution is 2.29. The van der Waals surface area contributed by atoms with Gasteiger partial charge >= 0.3 is 0 Å². The van der Waals surface area contributed by atoms with Crippen LogP contribution in [0.25, 0.3) is 10.2 Å². The second kappa shape index (κ2) is 6.90. The minimum absolute atomic E-state index is 0.245. The molecule has 22 heavy (non-hydrogen) atoms. The van der Waals surface area contributed by atoms with Crippen molar-refractivity contribution in [1.82, 2.24) is 4.98 Å². The summed E-state index contributed by atoms with van der Waals surface area (Å²) in [5.41, 5.74) is 8.30. The van der Waals surface area contributed by atoms with E-state index in [-0.39, 0.29) is 5.92 Å². The Morgan fingerprint density at radius 1 is 1.18 bits per heavy atom. The molecule has 0 fully saturated rings. The maximum absolute atomic E-state index is 6.01. The SMILES string of the molecule is CCOc1cccc(CC(CN)c2nc3ccccc3s2)c1. The molecule has 3 aromatic rings. The molecule has 0 radical (unpaired) electrons. The van der Waals surface area contributed by atoms with Crippen LogP contribution < -0.4 is 10.5 Å². The van der Waals surface area contributed by atoms with Crippen LogP contribution in [0.2, 0.25) is 0 Å². The maximum atomic E-state index is 6.01. The summed E-state index contributed by atoms with van der Waals surface area (Å²) in [6.07, 6.45) is 0.886. The molecule has 1 heterocycles. The molecular formula is C18H20N2OS. The highest BCUT2D eigenvalue weighted by molar-refractivity contribution is 7.18. The van der Waals surface area contributed by atoms with Gasteiger partial charge in [0.1, 0.15) is 5.75 Å². The first-order valence-electron chi connectivity index (χ1n) is 7.57. The van der Waals surface area contributed by atoms with Crippen LogP contribution in [0.1, 0.15) is 23.4 Å². The number of nitrogens with two attached hydrogens (primary N) is 1. The van der Waals surface area contributed by atoms with Crippen LogP contribution in [-0.2, 0) is 6.42 Å². The number of thiazole rings is 1. The summed E-state index contributed by atoms with van der Waals surface area (Å²) >= 11 is 1.74. The molecule has 0 aliphatic heterocycles. The molecule has 2 N–H and O–H groups in total. The maximum Gasteiger partial charge on any atom is 0.119 e. The van der Waals surface area contributed by atoms with Crippen LogP contribution in [0.4, 0.5) is 0 Å². The van der Waals surface area contributed by atoms with E-state index in [2.05, 4.69) is 24.3 Å². The number of nitrogens with zero attached hydrogens (tertiary/aromatic N) is 1. The summed E-state index contributed by atoms with van der Waals surface area (Å²) in [5.74, 6) is 1.16. The number of rotatable bonds is 6. The first-order chi connectivity index (χ1) is 10.8. The summed E-state index contributed by atoms with van der Waals surface area (Å²) in [5, 5.41) is 1.12. The number of hydrogen-bond donors (Lipinski definition) is 1. The Balaban J connectivity index is 1.83. The standard InChI is InChI=1S/C18H20N2OS/c1-2-21-15-7-5-6-13(11-15)10-14(12-19)18-20-16-8-3-4-9-17(16)22-18/h3-9,11,14H,2,10,12,19H2,1H3. The third-order valence-corrected chi connectivity index (χ3v) is 4.83. The second-order valence-corrected chi connectivity index (χ2v) is 6.30. The Morgan fingerprint density at radius 2 is 2.05 bits per heavy atom. The van der Waals surface area contributed by atoms with Crippen molar-refractivity contribution < 1.29 is 4.74 Å². The monoisotopic (exact) mass is 312 g/mol. The zero-order valence-electron chi connectivity index (χ0n) is 12.7. The molecule has 1 unspecified atom stereocenters. The van der Waals surface area contributed by atoms with Gasteiger partial charge in [0.15, 0.2) is 0 Å². The van der Waals surface area contributed by atoms with Gasteiger partial charge in [-0.1, -0.05) is 24.3 Å². The van der Waals surface area contributed by atoms with Crippen molar-refractivity contribution in [2.24, 2.45) is 5.73 Å². The molecule has 4 heteroatoms. The summed E-state index contributed by atoms with van der Waals surface area (Å²) in [7, 11) is 0. The Kier molecular flexibility index (Phi) is 4.71. The fourth-order valence-corrected chi connectivity index (χ4v) is 3.63. The molecule has 1 aromatic heterocycles. The lowest BCUT2D eigenvalue weighted by molar-refractivity contribution is 0.340. The van der Waals surface area contributed by atoms with E-state index in [1.807, 2.05) is 31.2 Å². The zero-order valence-corrected chi connectivity index (χ0v) is 13.5. The van der Waals surface area contributed by atoms with E-state index in [9.17, 15) is 0 Å². The lowest BCUT2D eigenvalue weighted by Crippen LogP contribution is -2.14. The molecule has 0 saturated carbocycles. The molecular weight excluding hydrogens is 292 g/mol. The van der Waals surface area contributed by atoms with Crippen molar-refractivity contribution in [2.75, 3.05) is 13.2 Å². The first-order valence-corrected chi connectivity index (χ1v) is 8.39. The largest absolute Gasteiger partial charge is 0.494 e. The normalized spacial score (nSPS) is 12.5. The zero-order chi connectivity index (χ0) is 15.4. The van der Waals surface area contributed by atoms with E-state index in [4.69, 9.17) is 15.5 Å². The Bertz CT molecular complexity index is 720. The van der Waals surface area contributed by atoms with Crippen molar-refractivity contribution in [2.45, 2.75) is 19.3 Å². The Morgan fingerprint density at radius 3 is 2.82 bits per heavy atom. The molecule has 0 bridgehead atoms. The van der Waals surface area contributed by atoms with Gasteiger partial charge in [0.25, 0.3) is 0 Å².